The largest absolute Gasteiger partial charge is 0.396 e. The molecule has 0 bridgehead atoms. The first-order valence-electron chi connectivity index (χ1n) is 6.32. The van der Waals surface area contributed by atoms with Gasteiger partial charge in [0.15, 0.2) is 0 Å². The van der Waals surface area contributed by atoms with E-state index in [1.807, 2.05) is 52.0 Å². The topological polar surface area (TPSA) is 20.2 Å². The van der Waals surface area contributed by atoms with Crippen LogP contribution >= 0.6 is 0 Å². The molecule has 96 valence electrons. The molecule has 0 aromatic heterocycles. The number of rotatable bonds is 5. The van der Waals surface area contributed by atoms with E-state index < -0.39 is 8.41 Å². The Hall–Kier alpha value is -0.673. The van der Waals surface area contributed by atoms with Gasteiger partial charge in [-0.25, -0.2) is 0 Å². The molecule has 1 N–H and O–H groups in total. The van der Waals surface area contributed by atoms with Crippen LogP contribution in [0.15, 0.2) is 24.3 Å². The van der Waals surface area contributed by atoms with Gasteiger partial charge in [0, 0.05) is 6.61 Å². The van der Waals surface area contributed by atoms with E-state index in [4.69, 9.17) is 5.11 Å². The van der Waals surface area contributed by atoms with Crippen LogP contribution in [-0.2, 0) is 6.42 Å². The van der Waals surface area contributed by atoms with E-state index in [1.165, 1.54) is 0 Å². The molecule has 0 heterocycles. The Balaban J connectivity index is 3.15. The molecule has 0 aliphatic carbocycles. The molecule has 0 spiro atoms. The summed E-state index contributed by atoms with van der Waals surface area (Å²) in [5.41, 5.74) is 1.18. The molecule has 1 aromatic carbocycles. The van der Waals surface area contributed by atoms with Crippen molar-refractivity contribution < 1.29 is 9.21 Å². The molecule has 1 nitrogen and oxygen atoms in total. The third-order valence-corrected chi connectivity index (χ3v) is 8.01. The third kappa shape index (κ3) is 2.96. The predicted molar refractivity (Wildman–Crippen MR) is 73.9 cm³/mol. The Morgan fingerprint density at radius 3 is 2.24 bits per heavy atom. The predicted octanol–water partition coefficient (Wildman–Crippen LogP) is 3.16. The Morgan fingerprint density at radius 1 is 1.18 bits per heavy atom. The van der Waals surface area contributed by atoms with Crippen molar-refractivity contribution in [3.63, 3.8) is 0 Å². The van der Waals surface area contributed by atoms with Crippen LogP contribution in [-0.4, -0.2) is 20.1 Å². The Bertz CT molecular complexity index is 355. The minimum Gasteiger partial charge on any atom is -0.396 e. The van der Waals surface area contributed by atoms with Gasteiger partial charge in [-0.3, -0.25) is 0 Å². The molecule has 1 rings (SSSR count). The fourth-order valence-electron chi connectivity index (χ4n) is 2.43. The van der Waals surface area contributed by atoms with Crippen molar-refractivity contribution in [3.05, 3.63) is 29.8 Å². The van der Waals surface area contributed by atoms with Crippen molar-refractivity contribution in [2.24, 2.45) is 0 Å². The van der Waals surface area contributed by atoms with Crippen molar-refractivity contribution in [3.8, 4) is 0 Å². The molecule has 17 heavy (non-hydrogen) atoms. The summed E-state index contributed by atoms with van der Waals surface area (Å²) < 4.78 is 15.3. The van der Waals surface area contributed by atoms with Gasteiger partial charge in [0.05, 0.1) is 0 Å². The fraction of sp³-hybridized carbons (Fsp3) is 0.571. The summed E-state index contributed by atoms with van der Waals surface area (Å²) in [4.78, 5) is 0. The average molecular weight is 254 g/mol. The normalized spacial score (nSPS) is 12.5. The Morgan fingerprint density at radius 2 is 1.76 bits per heavy atom. The third-order valence-electron chi connectivity index (χ3n) is 3.45. The molecule has 0 unspecified atom stereocenters. The highest BCUT2D eigenvalue weighted by Crippen LogP contribution is 2.33. The van der Waals surface area contributed by atoms with E-state index >= 15 is 4.11 Å². The van der Waals surface area contributed by atoms with Gasteiger partial charge < -0.3 is 9.21 Å². The van der Waals surface area contributed by atoms with Gasteiger partial charge in [-0.05, 0) is 28.3 Å². The second-order valence-electron chi connectivity index (χ2n) is 5.25. The summed E-state index contributed by atoms with van der Waals surface area (Å²) in [5.74, 6) is 0. The zero-order valence-electron chi connectivity index (χ0n) is 11.2. The molecule has 3 heteroatoms. The van der Waals surface area contributed by atoms with Crippen LogP contribution in [0.25, 0.3) is 0 Å². The molecule has 0 aliphatic heterocycles. The van der Waals surface area contributed by atoms with Crippen LogP contribution in [0, 0.1) is 0 Å². The van der Waals surface area contributed by atoms with E-state index in [9.17, 15) is 0 Å². The molecular formula is C14H23FOSi. The first kappa shape index (κ1) is 14.4. The molecule has 1 aromatic rings. The maximum absolute atomic E-state index is 15.3. The van der Waals surface area contributed by atoms with Gasteiger partial charge >= 0.3 is 0 Å². The Kier molecular flexibility index (Phi) is 4.89. The summed E-state index contributed by atoms with van der Waals surface area (Å²) in [7, 11) is -2.92. The van der Waals surface area contributed by atoms with Crippen LogP contribution in [0.4, 0.5) is 4.11 Å². The average Bonchev–Trinajstić information content (AvgIpc) is 2.28. The number of hydrogen-bond donors (Lipinski definition) is 1. The van der Waals surface area contributed by atoms with E-state index in [-0.39, 0.29) is 17.7 Å². The highest BCUT2D eigenvalue weighted by molar-refractivity contribution is 6.88. The molecule has 0 saturated carbocycles. The van der Waals surface area contributed by atoms with Crippen LogP contribution in [0.5, 0.6) is 0 Å². The lowest BCUT2D eigenvalue weighted by Gasteiger charge is -2.31. The monoisotopic (exact) mass is 254 g/mol. The van der Waals surface area contributed by atoms with Gasteiger partial charge in [-0.15, -0.1) is 0 Å². The van der Waals surface area contributed by atoms with Gasteiger partial charge in [0.2, 0.25) is 0 Å². The first-order chi connectivity index (χ1) is 7.92. The number of halogens is 1. The molecule has 0 saturated heterocycles. The summed E-state index contributed by atoms with van der Waals surface area (Å²) in [6.45, 7) is 8.03. The van der Waals surface area contributed by atoms with Crippen LogP contribution in [0.2, 0.25) is 11.1 Å². The second-order valence-corrected chi connectivity index (χ2v) is 9.67. The summed E-state index contributed by atoms with van der Waals surface area (Å²) in [6, 6.07) is 7.72. The quantitative estimate of drug-likeness (QED) is 0.632. The number of aliphatic hydroxyl groups excluding tert-OH is 1. The van der Waals surface area contributed by atoms with Crippen molar-refractivity contribution in [1.82, 2.24) is 0 Å². The maximum atomic E-state index is 15.3. The lowest BCUT2D eigenvalue weighted by atomic mass is 10.2. The van der Waals surface area contributed by atoms with Crippen molar-refractivity contribution in [1.29, 1.82) is 0 Å². The molecule has 0 atom stereocenters. The van der Waals surface area contributed by atoms with Crippen LogP contribution < -0.4 is 5.19 Å². The molecule has 0 aliphatic rings. The summed E-state index contributed by atoms with van der Waals surface area (Å²) in [6.07, 6.45) is 0.606. The molecule has 0 fully saturated rings. The van der Waals surface area contributed by atoms with E-state index in [2.05, 4.69) is 0 Å². The minimum absolute atomic E-state index is 0.0758. The molecule has 0 radical (unpaired) electrons. The highest BCUT2D eigenvalue weighted by Gasteiger charge is 2.43. The van der Waals surface area contributed by atoms with Gasteiger partial charge in [-0.2, -0.15) is 0 Å². The van der Waals surface area contributed by atoms with Crippen molar-refractivity contribution in [2.45, 2.75) is 45.2 Å². The summed E-state index contributed by atoms with van der Waals surface area (Å²) >= 11 is 0. The SMILES string of the molecule is CC(C)[Si]([19F])(c1cccc(CCO)c1)C(C)C. The van der Waals surface area contributed by atoms with Crippen LogP contribution in [0.3, 0.4) is 0 Å². The number of hydrogen-bond acceptors (Lipinski definition) is 1. The number of aliphatic hydroxyl groups is 1. The molecule has 0 amide bonds. The van der Waals surface area contributed by atoms with Crippen LogP contribution in [0.1, 0.15) is 33.3 Å². The Labute approximate surface area is 105 Å². The van der Waals surface area contributed by atoms with E-state index in [0.29, 0.717) is 6.42 Å². The highest BCUT2D eigenvalue weighted by atomic mass is 28.4. The number of benzene rings is 1. The molecular weight excluding hydrogens is 231 g/mol. The van der Waals surface area contributed by atoms with Crippen molar-refractivity contribution >= 4 is 13.6 Å². The zero-order chi connectivity index (χ0) is 13.1. The standard InChI is InChI=1S/C14H23FOSi/c1-11(2)17(15,12(3)4)14-7-5-6-13(10-14)8-9-16/h5-7,10-12,16H,8-9H2,1-4H3/i15+0. The fourth-order valence-corrected chi connectivity index (χ4v) is 5.85. The van der Waals surface area contributed by atoms with E-state index in [1.54, 1.807) is 0 Å². The minimum atomic E-state index is -2.92. The van der Waals surface area contributed by atoms with E-state index in [0.717, 1.165) is 10.8 Å². The zero-order valence-corrected chi connectivity index (χ0v) is 12.2. The van der Waals surface area contributed by atoms with Crippen molar-refractivity contribution in [2.75, 3.05) is 6.61 Å². The maximum Gasteiger partial charge on any atom is 0.282 e. The summed E-state index contributed by atoms with van der Waals surface area (Å²) in [5, 5.41) is 9.82. The van der Waals surface area contributed by atoms with Gasteiger partial charge in [-0.1, -0.05) is 52.0 Å². The van der Waals surface area contributed by atoms with Gasteiger partial charge in [0.25, 0.3) is 8.41 Å². The smallest absolute Gasteiger partial charge is 0.282 e. The first-order valence-corrected chi connectivity index (χ1v) is 8.35. The lowest BCUT2D eigenvalue weighted by Crippen LogP contribution is -2.49. The lowest BCUT2D eigenvalue weighted by molar-refractivity contribution is 0.299. The second kappa shape index (κ2) is 5.78. The van der Waals surface area contributed by atoms with Gasteiger partial charge in [0.1, 0.15) is 0 Å².